The van der Waals surface area contributed by atoms with Crippen LogP contribution < -0.4 is 5.69 Å². The lowest BCUT2D eigenvalue weighted by atomic mass is 9.96. The second-order valence-electron chi connectivity index (χ2n) is 8.36. The fourth-order valence-electron chi connectivity index (χ4n) is 4.59. The molecule has 1 N–H and O–H groups in total. The fraction of sp³-hybridized carbons (Fsp3) is 0.250. The highest BCUT2D eigenvalue weighted by atomic mass is 16.3. The SMILES string of the molecule is CC.O=c1n(Cc2ncc3ccccc3c2-c2cccc(CO)c2)c2cnccc2n1C1CC1. The van der Waals surface area contributed by atoms with Crippen molar-refractivity contribution in [3.05, 3.63) is 94.9 Å². The van der Waals surface area contributed by atoms with Crippen LogP contribution in [0.3, 0.4) is 0 Å². The minimum atomic E-state index is -0.0264. The Labute approximate surface area is 198 Å². The highest BCUT2D eigenvalue weighted by Crippen LogP contribution is 2.36. The van der Waals surface area contributed by atoms with Gasteiger partial charge in [-0.05, 0) is 41.5 Å². The molecular weight excluding hydrogens is 424 g/mol. The van der Waals surface area contributed by atoms with Crippen molar-refractivity contribution in [3.63, 3.8) is 0 Å². The van der Waals surface area contributed by atoms with Crippen LogP contribution in [-0.2, 0) is 13.2 Å². The van der Waals surface area contributed by atoms with Crippen LogP contribution in [0, 0.1) is 0 Å². The van der Waals surface area contributed by atoms with Gasteiger partial charge in [0.05, 0.1) is 36.1 Å². The van der Waals surface area contributed by atoms with Crippen molar-refractivity contribution in [1.82, 2.24) is 19.1 Å². The summed E-state index contributed by atoms with van der Waals surface area (Å²) in [4.78, 5) is 22.5. The van der Waals surface area contributed by atoms with E-state index in [4.69, 9.17) is 4.98 Å². The Morgan fingerprint density at radius 1 is 1.00 bits per heavy atom. The van der Waals surface area contributed by atoms with Gasteiger partial charge in [-0.15, -0.1) is 0 Å². The number of hydrogen-bond acceptors (Lipinski definition) is 4. The molecule has 1 aliphatic carbocycles. The predicted molar refractivity (Wildman–Crippen MR) is 136 cm³/mol. The average Bonchev–Trinajstić information content (AvgIpc) is 3.70. The van der Waals surface area contributed by atoms with Crippen molar-refractivity contribution in [3.8, 4) is 11.1 Å². The van der Waals surface area contributed by atoms with Crippen LogP contribution in [0.1, 0.15) is 44.0 Å². The molecule has 3 heterocycles. The zero-order chi connectivity index (χ0) is 23.7. The van der Waals surface area contributed by atoms with Crippen LogP contribution in [0.4, 0.5) is 0 Å². The van der Waals surface area contributed by atoms with E-state index in [0.717, 1.165) is 57.0 Å². The van der Waals surface area contributed by atoms with Crippen LogP contribution in [-0.4, -0.2) is 24.2 Å². The summed E-state index contributed by atoms with van der Waals surface area (Å²) in [5.74, 6) is 0. The molecule has 0 radical (unpaired) electrons. The molecule has 1 fully saturated rings. The largest absolute Gasteiger partial charge is 0.392 e. The lowest BCUT2D eigenvalue weighted by Gasteiger charge is -2.14. The molecule has 0 spiro atoms. The number of benzene rings is 2. The summed E-state index contributed by atoms with van der Waals surface area (Å²) in [6.45, 7) is 4.33. The molecule has 0 bridgehead atoms. The smallest absolute Gasteiger partial charge is 0.329 e. The minimum absolute atomic E-state index is 0.0134. The Morgan fingerprint density at radius 3 is 2.62 bits per heavy atom. The minimum Gasteiger partial charge on any atom is -0.392 e. The van der Waals surface area contributed by atoms with E-state index in [1.165, 1.54) is 0 Å². The third-order valence-electron chi connectivity index (χ3n) is 6.26. The quantitative estimate of drug-likeness (QED) is 0.392. The maximum atomic E-state index is 13.4. The molecule has 6 rings (SSSR count). The van der Waals surface area contributed by atoms with Crippen LogP contribution >= 0.6 is 0 Å². The van der Waals surface area contributed by atoms with Crippen molar-refractivity contribution < 1.29 is 5.11 Å². The highest BCUT2D eigenvalue weighted by Gasteiger charge is 2.29. The van der Waals surface area contributed by atoms with E-state index >= 15 is 0 Å². The first-order valence-electron chi connectivity index (χ1n) is 11.9. The molecule has 172 valence electrons. The molecule has 0 unspecified atom stereocenters. The Balaban J connectivity index is 0.00000117. The van der Waals surface area contributed by atoms with Crippen LogP contribution in [0.2, 0.25) is 0 Å². The normalized spacial score (nSPS) is 13.1. The lowest BCUT2D eigenvalue weighted by Crippen LogP contribution is -2.24. The molecule has 0 saturated heterocycles. The number of fused-ring (bicyclic) bond motifs is 2. The average molecular weight is 453 g/mol. The Bertz CT molecular complexity index is 1530. The maximum absolute atomic E-state index is 13.4. The highest BCUT2D eigenvalue weighted by molar-refractivity contribution is 5.97. The van der Waals surface area contributed by atoms with E-state index in [0.29, 0.717) is 6.54 Å². The van der Waals surface area contributed by atoms with E-state index in [9.17, 15) is 9.90 Å². The monoisotopic (exact) mass is 452 g/mol. The van der Waals surface area contributed by atoms with Gasteiger partial charge in [-0.3, -0.25) is 19.1 Å². The summed E-state index contributed by atoms with van der Waals surface area (Å²) in [7, 11) is 0. The Kier molecular flexibility index (Phi) is 5.99. The molecule has 6 heteroatoms. The topological polar surface area (TPSA) is 72.9 Å². The van der Waals surface area contributed by atoms with Gasteiger partial charge in [0.1, 0.15) is 0 Å². The lowest BCUT2D eigenvalue weighted by molar-refractivity contribution is 0.282. The first kappa shape index (κ1) is 22.0. The van der Waals surface area contributed by atoms with Gasteiger partial charge in [0.2, 0.25) is 0 Å². The first-order chi connectivity index (χ1) is 16.7. The van der Waals surface area contributed by atoms with E-state index in [-0.39, 0.29) is 18.3 Å². The Hall–Kier alpha value is -3.77. The van der Waals surface area contributed by atoms with Gasteiger partial charge in [-0.2, -0.15) is 0 Å². The molecule has 1 aliphatic rings. The third-order valence-corrected chi connectivity index (χ3v) is 6.26. The van der Waals surface area contributed by atoms with E-state index in [1.807, 2.05) is 73.1 Å². The van der Waals surface area contributed by atoms with Crippen molar-refractivity contribution >= 4 is 21.8 Å². The summed E-state index contributed by atoms with van der Waals surface area (Å²) in [5.41, 5.74) is 5.37. The van der Waals surface area contributed by atoms with Gasteiger partial charge in [0.25, 0.3) is 0 Å². The van der Waals surface area contributed by atoms with Crippen LogP contribution in [0.15, 0.2) is 78.0 Å². The number of aliphatic hydroxyl groups is 1. The van der Waals surface area contributed by atoms with Crippen LogP contribution in [0.5, 0.6) is 0 Å². The molecule has 0 amide bonds. The third kappa shape index (κ3) is 3.80. The number of pyridine rings is 2. The second-order valence-corrected chi connectivity index (χ2v) is 8.36. The van der Waals surface area contributed by atoms with E-state index in [1.54, 1.807) is 17.0 Å². The zero-order valence-corrected chi connectivity index (χ0v) is 19.5. The summed E-state index contributed by atoms with van der Waals surface area (Å²) >= 11 is 0. The van der Waals surface area contributed by atoms with Gasteiger partial charge in [-0.25, -0.2) is 4.79 Å². The van der Waals surface area contributed by atoms with Gasteiger partial charge in [0.15, 0.2) is 0 Å². The van der Waals surface area contributed by atoms with Gasteiger partial charge in [-0.1, -0.05) is 56.3 Å². The Morgan fingerprint density at radius 2 is 1.82 bits per heavy atom. The molecule has 5 aromatic rings. The molecule has 6 nitrogen and oxygen atoms in total. The standard InChI is InChI=1S/C26H22N4O2.C2H6/c31-16-17-4-3-6-18(12-17)25-21-7-2-1-5-19(21)13-28-22(25)15-29-24-14-27-11-10-23(24)30(26(29)32)20-8-9-20;1-2/h1-7,10-14,20,31H,8-9,15-16H2;1-2H3. The molecule has 2 aromatic carbocycles. The summed E-state index contributed by atoms with van der Waals surface area (Å²) in [6, 6.07) is 18.2. The molecule has 0 atom stereocenters. The van der Waals surface area contributed by atoms with Gasteiger partial charge >= 0.3 is 5.69 Å². The summed E-state index contributed by atoms with van der Waals surface area (Å²) < 4.78 is 3.70. The van der Waals surface area contributed by atoms with E-state index in [2.05, 4.69) is 11.1 Å². The summed E-state index contributed by atoms with van der Waals surface area (Å²) in [5, 5.41) is 11.8. The summed E-state index contributed by atoms with van der Waals surface area (Å²) in [6.07, 6.45) is 7.45. The number of rotatable bonds is 5. The predicted octanol–water partition coefficient (Wildman–Crippen LogP) is 5.31. The second kappa shape index (κ2) is 9.23. The molecule has 3 aromatic heterocycles. The van der Waals surface area contributed by atoms with Crippen molar-refractivity contribution in [2.75, 3.05) is 0 Å². The number of aliphatic hydroxyl groups excluding tert-OH is 1. The number of hydrogen-bond donors (Lipinski definition) is 1. The van der Waals surface area contributed by atoms with Crippen molar-refractivity contribution in [2.45, 2.75) is 45.9 Å². The van der Waals surface area contributed by atoms with Crippen LogP contribution in [0.25, 0.3) is 32.9 Å². The van der Waals surface area contributed by atoms with Crippen molar-refractivity contribution in [1.29, 1.82) is 0 Å². The molecule has 1 saturated carbocycles. The van der Waals surface area contributed by atoms with E-state index < -0.39 is 0 Å². The maximum Gasteiger partial charge on any atom is 0.329 e. The molecule has 0 aliphatic heterocycles. The fourth-order valence-corrected chi connectivity index (χ4v) is 4.59. The molecular formula is C28H28N4O2. The van der Waals surface area contributed by atoms with Gasteiger partial charge < -0.3 is 5.11 Å². The number of nitrogens with zero attached hydrogens (tertiary/aromatic N) is 4. The van der Waals surface area contributed by atoms with Crippen molar-refractivity contribution in [2.24, 2.45) is 0 Å². The number of aromatic nitrogens is 4. The first-order valence-corrected chi connectivity index (χ1v) is 11.9. The molecule has 34 heavy (non-hydrogen) atoms. The number of imidazole rings is 1. The van der Waals surface area contributed by atoms with Gasteiger partial charge in [0, 0.05) is 29.4 Å². The zero-order valence-electron chi connectivity index (χ0n) is 19.5.